The van der Waals surface area contributed by atoms with Crippen LogP contribution < -0.4 is 10.0 Å². The number of carbonyl (C=O) groups is 1. The summed E-state index contributed by atoms with van der Waals surface area (Å²) < 4.78 is 30.0. The predicted molar refractivity (Wildman–Crippen MR) is 67.7 cm³/mol. The Hall–Kier alpha value is -0.700. The van der Waals surface area contributed by atoms with Crippen LogP contribution in [0.4, 0.5) is 0 Å². The molecule has 18 heavy (non-hydrogen) atoms. The molecule has 1 rings (SSSR count). The Kier molecular flexibility index (Phi) is 6.55. The van der Waals surface area contributed by atoms with E-state index < -0.39 is 16.0 Å². The van der Waals surface area contributed by atoms with Crippen molar-refractivity contribution < 1.29 is 17.9 Å². The van der Waals surface area contributed by atoms with Gasteiger partial charge in [0.1, 0.15) is 0 Å². The molecular weight excluding hydrogens is 258 g/mol. The largest absolute Gasteiger partial charge is 0.469 e. The summed E-state index contributed by atoms with van der Waals surface area (Å²) in [7, 11) is -2.14. The van der Waals surface area contributed by atoms with E-state index in [-0.39, 0.29) is 12.2 Å². The van der Waals surface area contributed by atoms with Crippen molar-refractivity contribution in [3.8, 4) is 0 Å². The number of piperazine rings is 1. The zero-order valence-corrected chi connectivity index (χ0v) is 11.5. The summed E-state index contributed by atoms with van der Waals surface area (Å²) in [6.45, 7) is 4.82. The minimum absolute atomic E-state index is 0.112. The lowest BCUT2D eigenvalue weighted by Gasteiger charge is -2.27. The molecule has 106 valence electrons. The highest BCUT2D eigenvalue weighted by Crippen LogP contribution is 1.94. The first-order valence-electron chi connectivity index (χ1n) is 6.01. The van der Waals surface area contributed by atoms with Crippen LogP contribution in [0, 0.1) is 0 Å². The average molecular weight is 279 g/mol. The van der Waals surface area contributed by atoms with Crippen molar-refractivity contribution in [3.63, 3.8) is 0 Å². The second-order valence-corrected chi connectivity index (χ2v) is 6.06. The minimum atomic E-state index is -3.38. The third kappa shape index (κ3) is 6.29. The Bertz CT molecular complexity index is 352. The second kappa shape index (κ2) is 7.67. The number of rotatable bonds is 7. The molecule has 0 bridgehead atoms. The molecule has 0 spiro atoms. The molecule has 8 heteroatoms. The Labute approximate surface area is 108 Å². The van der Waals surface area contributed by atoms with Gasteiger partial charge < -0.3 is 10.1 Å². The molecule has 1 fully saturated rings. The fraction of sp³-hybridized carbons (Fsp3) is 0.900. The van der Waals surface area contributed by atoms with Crippen molar-refractivity contribution >= 4 is 16.0 Å². The Balaban J connectivity index is 2.18. The lowest BCUT2D eigenvalue weighted by molar-refractivity contribution is -0.140. The highest BCUT2D eigenvalue weighted by molar-refractivity contribution is 7.89. The fourth-order valence-electron chi connectivity index (χ4n) is 1.69. The summed E-state index contributed by atoms with van der Waals surface area (Å²) >= 11 is 0. The highest BCUT2D eigenvalue weighted by atomic mass is 32.2. The number of hydrogen-bond acceptors (Lipinski definition) is 6. The number of nitrogens with one attached hydrogen (secondary N) is 2. The Morgan fingerprint density at radius 1 is 1.39 bits per heavy atom. The number of carbonyl (C=O) groups excluding carboxylic acids is 1. The van der Waals surface area contributed by atoms with Gasteiger partial charge in [0.2, 0.25) is 10.0 Å². The van der Waals surface area contributed by atoms with E-state index in [2.05, 4.69) is 19.7 Å². The van der Waals surface area contributed by atoms with Crippen LogP contribution in [-0.2, 0) is 19.6 Å². The predicted octanol–water partition coefficient (Wildman–Crippen LogP) is -1.63. The van der Waals surface area contributed by atoms with Crippen LogP contribution in [0.3, 0.4) is 0 Å². The zero-order valence-electron chi connectivity index (χ0n) is 10.6. The topological polar surface area (TPSA) is 87.7 Å². The third-order valence-corrected chi connectivity index (χ3v) is 4.15. The molecule has 1 aliphatic heterocycles. The van der Waals surface area contributed by atoms with Gasteiger partial charge in [0, 0.05) is 39.3 Å². The van der Waals surface area contributed by atoms with Crippen LogP contribution >= 0.6 is 0 Å². The van der Waals surface area contributed by atoms with E-state index in [0.29, 0.717) is 13.1 Å². The molecule has 0 aromatic carbocycles. The monoisotopic (exact) mass is 279 g/mol. The number of esters is 1. The van der Waals surface area contributed by atoms with Crippen molar-refractivity contribution in [3.05, 3.63) is 0 Å². The molecule has 1 aliphatic rings. The lowest BCUT2D eigenvalue weighted by Crippen LogP contribution is -2.46. The number of methoxy groups -OCH3 is 1. The van der Waals surface area contributed by atoms with Gasteiger partial charge >= 0.3 is 5.97 Å². The molecule has 0 aliphatic carbocycles. The Morgan fingerprint density at radius 2 is 2.06 bits per heavy atom. The first-order chi connectivity index (χ1) is 8.53. The van der Waals surface area contributed by atoms with Gasteiger partial charge in [-0.3, -0.25) is 9.69 Å². The summed E-state index contributed by atoms with van der Waals surface area (Å²) in [4.78, 5) is 13.0. The van der Waals surface area contributed by atoms with Gasteiger partial charge in [-0.25, -0.2) is 13.1 Å². The summed E-state index contributed by atoms with van der Waals surface area (Å²) in [6.07, 6.45) is -0.112. The molecule has 7 nitrogen and oxygen atoms in total. The van der Waals surface area contributed by atoms with Gasteiger partial charge in [0.25, 0.3) is 0 Å². The quantitative estimate of drug-likeness (QED) is 0.544. The van der Waals surface area contributed by atoms with E-state index in [1.54, 1.807) is 0 Å². The summed E-state index contributed by atoms with van der Waals surface area (Å²) in [6, 6.07) is 0. The van der Waals surface area contributed by atoms with E-state index >= 15 is 0 Å². The van der Waals surface area contributed by atoms with Gasteiger partial charge in [-0.2, -0.15) is 0 Å². The number of hydrogen-bond donors (Lipinski definition) is 2. The molecule has 2 N–H and O–H groups in total. The van der Waals surface area contributed by atoms with Crippen molar-refractivity contribution in [2.45, 2.75) is 6.42 Å². The first kappa shape index (κ1) is 15.4. The zero-order chi connectivity index (χ0) is 13.4. The fourth-order valence-corrected chi connectivity index (χ4v) is 2.67. The molecule has 0 saturated carbocycles. The molecule has 1 saturated heterocycles. The molecule has 0 aromatic heterocycles. The van der Waals surface area contributed by atoms with Crippen LogP contribution in [0.5, 0.6) is 0 Å². The summed E-state index contributed by atoms with van der Waals surface area (Å²) in [5.74, 6) is -0.733. The van der Waals surface area contributed by atoms with E-state index in [1.165, 1.54) is 7.11 Å². The summed E-state index contributed by atoms with van der Waals surface area (Å²) in [5.41, 5.74) is 0. The maximum Gasteiger partial charge on any atom is 0.306 e. The molecule has 1 heterocycles. The van der Waals surface area contributed by atoms with E-state index in [0.717, 1.165) is 26.2 Å². The van der Waals surface area contributed by atoms with Crippen molar-refractivity contribution in [2.75, 3.05) is 52.1 Å². The van der Waals surface area contributed by atoms with Crippen LogP contribution in [0.25, 0.3) is 0 Å². The second-order valence-electron chi connectivity index (χ2n) is 4.13. The van der Waals surface area contributed by atoms with Gasteiger partial charge in [0.15, 0.2) is 0 Å². The van der Waals surface area contributed by atoms with Crippen LogP contribution in [-0.4, -0.2) is 71.4 Å². The third-order valence-electron chi connectivity index (χ3n) is 2.76. The number of ether oxygens (including phenoxy) is 1. The SMILES string of the molecule is COC(=O)CCS(=O)(=O)NCCN1CCNCC1. The van der Waals surface area contributed by atoms with Crippen LogP contribution in [0.1, 0.15) is 6.42 Å². The van der Waals surface area contributed by atoms with Crippen molar-refractivity contribution in [1.82, 2.24) is 14.9 Å². The van der Waals surface area contributed by atoms with Crippen molar-refractivity contribution in [1.29, 1.82) is 0 Å². The average Bonchev–Trinajstić information content (AvgIpc) is 2.37. The van der Waals surface area contributed by atoms with E-state index in [4.69, 9.17) is 0 Å². The molecule has 0 radical (unpaired) electrons. The van der Waals surface area contributed by atoms with Crippen molar-refractivity contribution in [2.24, 2.45) is 0 Å². The van der Waals surface area contributed by atoms with E-state index in [9.17, 15) is 13.2 Å². The number of sulfonamides is 1. The van der Waals surface area contributed by atoms with Crippen LogP contribution in [0.15, 0.2) is 0 Å². The lowest BCUT2D eigenvalue weighted by atomic mass is 10.3. The standard InChI is InChI=1S/C10H21N3O4S/c1-17-10(14)2-9-18(15,16)12-5-8-13-6-3-11-4-7-13/h11-12H,2-9H2,1H3. The molecular formula is C10H21N3O4S. The molecule has 0 unspecified atom stereocenters. The van der Waals surface area contributed by atoms with Gasteiger partial charge in [-0.05, 0) is 0 Å². The smallest absolute Gasteiger partial charge is 0.306 e. The first-order valence-corrected chi connectivity index (χ1v) is 7.66. The molecule has 0 aromatic rings. The number of nitrogens with zero attached hydrogens (tertiary/aromatic N) is 1. The maximum absolute atomic E-state index is 11.5. The molecule has 0 amide bonds. The van der Waals surface area contributed by atoms with Gasteiger partial charge in [0.05, 0.1) is 19.3 Å². The van der Waals surface area contributed by atoms with E-state index in [1.807, 2.05) is 0 Å². The normalized spacial score (nSPS) is 17.6. The highest BCUT2D eigenvalue weighted by Gasteiger charge is 2.14. The summed E-state index contributed by atoms with van der Waals surface area (Å²) in [5, 5.41) is 3.23. The van der Waals surface area contributed by atoms with Gasteiger partial charge in [-0.1, -0.05) is 0 Å². The minimum Gasteiger partial charge on any atom is -0.469 e. The van der Waals surface area contributed by atoms with Crippen LogP contribution in [0.2, 0.25) is 0 Å². The van der Waals surface area contributed by atoms with Gasteiger partial charge in [-0.15, -0.1) is 0 Å². The maximum atomic E-state index is 11.5. The Morgan fingerprint density at radius 3 is 2.67 bits per heavy atom. The molecule has 0 atom stereocenters.